The van der Waals surface area contributed by atoms with E-state index < -0.39 is 11.7 Å². The Morgan fingerprint density at radius 1 is 1.06 bits per heavy atom. The zero-order valence-electron chi connectivity index (χ0n) is 9.43. The average Bonchev–Trinajstić information content (AvgIpc) is 2.29. The smallest absolute Gasteiger partial charge is 0.397 e. The summed E-state index contributed by atoms with van der Waals surface area (Å²) >= 11 is 0. The van der Waals surface area contributed by atoms with Gasteiger partial charge in [-0.3, -0.25) is 0 Å². The second-order valence-corrected chi connectivity index (χ2v) is 4.32. The topological polar surface area (TPSA) is 29.3 Å². The molecule has 94 valence electrons. The second-order valence-electron chi connectivity index (χ2n) is 4.32. The molecule has 0 spiro atoms. The van der Waals surface area contributed by atoms with Gasteiger partial charge in [-0.05, 0) is 37.5 Å². The summed E-state index contributed by atoms with van der Waals surface area (Å²) in [4.78, 5) is 1.94. The minimum absolute atomic E-state index is 0.417. The van der Waals surface area contributed by atoms with Crippen LogP contribution >= 0.6 is 0 Å². The average molecular weight is 244 g/mol. The van der Waals surface area contributed by atoms with E-state index in [4.69, 9.17) is 5.73 Å². The molecule has 2 rings (SSSR count). The van der Waals surface area contributed by atoms with Gasteiger partial charge in [-0.15, -0.1) is 0 Å². The zero-order chi connectivity index (χ0) is 12.5. The van der Waals surface area contributed by atoms with Crippen LogP contribution in [0.2, 0.25) is 0 Å². The molecule has 0 saturated carbocycles. The van der Waals surface area contributed by atoms with Crippen LogP contribution in [-0.2, 0) is 6.18 Å². The van der Waals surface area contributed by atoms with Gasteiger partial charge < -0.3 is 10.6 Å². The second kappa shape index (κ2) is 4.47. The van der Waals surface area contributed by atoms with Gasteiger partial charge in [0.1, 0.15) is 0 Å². The minimum Gasteiger partial charge on any atom is -0.397 e. The molecule has 1 aromatic carbocycles. The molecule has 2 N–H and O–H groups in total. The van der Waals surface area contributed by atoms with Crippen LogP contribution in [0.4, 0.5) is 24.5 Å². The number of nitrogen functional groups attached to an aromatic ring is 1. The quantitative estimate of drug-likeness (QED) is 0.768. The lowest BCUT2D eigenvalue weighted by molar-refractivity contribution is -0.137. The molecule has 1 fully saturated rings. The molecule has 1 aromatic rings. The van der Waals surface area contributed by atoms with Crippen molar-refractivity contribution in [3.8, 4) is 0 Å². The van der Waals surface area contributed by atoms with Gasteiger partial charge in [0.15, 0.2) is 0 Å². The van der Waals surface area contributed by atoms with Crippen molar-refractivity contribution in [2.24, 2.45) is 0 Å². The third-order valence-corrected chi connectivity index (χ3v) is 3.05. The highest BCUT2D eigenvalue weighted by Crippen LogP contribution is 2.35. The van der Waals surface area contributed by atoms with E-state index in [1.165, 1.54) is 6.07 Å². The van der Waals surface area contributed by atoms with Crippen LogP contribution in [0.25, 0.3) is 0 Å². The predicted molar refractivity (Wildman–Crippen MR) is 61.9 cm³/mol. The number of benzene rings is 1. The number of alkyl halides is 3. The van der Waals surface area contributed by atoms with Crippen molar-refractivity contribution >= 4 is 11.4 Å². The van der Waals surface area contributed by atoms with Crippen molar-refractivity contribution in [1.29, 1.82) is 0 Å². The summed E-state index contributed by atoms with van der Waals surface area (Å²) in [6.07, 6.45) is -1.15. The van der Waals surface area contributed by atoms with E-state index in [1.54, 1.807) is 0 Å². The Morgan fingerprint density at radius 3 is 2.29 bits per heavy atom. The molecular formula is C12H15F3N2. The molecule has 5 heteroatoms. The molecule has 0 amide bonds. The van der Waals surface area contributed by atoms with Crippen LogP contribution in [0.15, 0.2) is 18.2 Å². The van der Waals surface area contributed by atoms with Crippen molar-refractivity contribution in [2.45, 2.75) is 25.4 Å². The molecule has 0 aromatic heterocycles. The van der Waals surface area contributed by atoms with Gasteiger partial charge in [-0.25, -0.2) is 0 Å². The molecule has 0 bridgehead atoms. The summed E-state index contributed by atoms with van der Waals surface area (Å²) in [5.41, 5.74) is 6.05. The fraction of sp³-hybridized carbons (Fsp3) is 0.500. The standard InChI is InChI=1S/C12H15F3N2/c13-12(14,15)9-4-5-10(16)11(8-9)17-6-2-1-3-7-17/h4-5,8H,1-3,6-7,16H2. The SMILES string of the molecule is Nc1ccc(C(F)(F)F)cc1N1CCCCC1. The number of nitrogens with two attached hydrogens (primary N) is 1. The molecular weight excluding hydrogens is 229 g/mol. The molecule has 1 heterocycles. The Hall–Kier alpha value is -1.39. The van der Waals surface area contributed by atoms with Crippen molar-refractivity contribution in [2.75, 3.05) is 23.7 Å². The van der Waals surface area contributed by atoms with E-state index in [2.05, 4.69) is 0 Å². The molecule has 0 radical (unpaired) electrons. The van der Waals surface area contributed by atoms with E-state index in [1.807, 2.05) is 4.90 Å². The number of halogens is 3. The highest BCUT2D eigenvalue weighted by Gasteiger charge is 2.31. The molecule has 2 nitrogen and oxygen atoms in total. The third kappa shape index (κ3) is 2.65. The lowest BCUT2D eigenvalue weighted by Gasteiger charge is -2.30. The maximum atomic E-state index is 12.6. The fourth-order valence-corrected chi connectivity index (χ4v) is 2.13. The molecule has 1 saturated heterocycles. The zero-order valence-corrected chi connectivity index (χ0v) is 9.43. The first-order chi connectivity index (χ1) is 7.98. The lowest BCUT2D eigenvalue weighted by atomic mass is 10.1. The Kier molecular flexibility index (Phi) is 3.17. The summed E-state index contributed by atoms with van der Waals surface area (Å²) in [5, 5.41) is 0. The van der Waals surface area contributed by atoms with Crippen LogP contribution in [0.1, 0.15) is 24.8 Å². The van der Waals surface area contributed by atoms with Gasteiger partial charge in [-0.2, -0.15) is 13.2 Å². The van der Waals surface area contributed by atoms with Crippen molar-refractivity contribution in [3.63, 3.8) is 0 Å². The summed E-state index contributed by atoms with van der Waals surface area (Å²) < 4.78 is 37.8. The highest BCUT2D eigenvalue weighted by molar-refractivity contribution is 5.69. The largest absolute Gasteiger partial charge is 0.416 e. The summed E-state index contributed by atoms with van der Waals surface area (Å²) in [7, 11) is 0. The monoisotopic (exact) mass is 244 g/mol. The molecule has 0 aliphatic carbocycles. The number of anilines is 2. The Bertz CT molecular complexity index is 395. The van der Waals surface area contributed by atoms with Crippen LogP contribution in [-0.4, -0.2) is 13.1 Å². The molecule has 17 heavy (non-hydrogen) atoms. The first-order valence-electron chi connectivity index (χ1n) is 5.70. The summed E-state index contributed by atoms with van der Waals surface area (Å²) in [6.45, 7) is 1.57. The van der Waals surface area contributed by atoms with Crippen LogP contribution in [0, 0.1) is 0 Å². The van der Waals surface area contributed by atoms with E-state index in [0.29, 0.717) is 11.4 Å². The van der Waals surface area contributed by atoms with E-state index in [9.17, 15) is 13.2 Å². The summed E-state index contributed by atoms with van der Waals surface area (Å²) in [5.74, 6) is 0. The fourth-order valence-electron chi connectivity index (χ4n) is 2.13. The number of rotatable bonds is 1. The number of nitrogens with zero attached hydrogens (tertiary/aromatic N) is 1. The van der Waals surface area contributed by atoms with Gasteiger partial charge in [-0.1, -0.05) is 0 Å². The maximum Gasteiger partial charge on any atom is 0.416 e. The highest BCUT2D eigenvalue weighted by atomic mass is 19.4. The first-order valence-corrected chi connectivity index (χ1v) is 5.70. The van der Waals surface area contributed by atoms with Crippen LogP contribution < -0.4 is 10.6 Å². The predicted octanol–water partition coefficient (Wildman–Crippen LogP) is 3.28. The molecule has 0 unspecified atom stereocenters. The van der Waals surface area contributed by atoms with Gasteiger partial charge in [0.25, 0.3) is 0 Å². The van der Waals surface area contributed by atoms with E-state index >= 15 is 0 Å². The normalized spacial score (nSPS) is 17.2. The van der Waals surface area contributed by atoms with Gasteiger partial charge in [0, 0.05) is 13.1 Å². The Morgan fingerprint density at radius 2 is 1.71 bits per heavy atom. The van der Waals surface area contributed by atoms with E-state index in [0.717, 1.165) is 44.5 Å². The van der Waals surface area contributed by atoms with E-state index in [-0.39, 0.29) is 0 Å². The van der Waals surface area contributed by atoms with Crippen LogP contribution in [0.5, 0.6) is 0 Å². The van der Waals surface area contributed by atoms with Crippen molar-refractivity contribution in [1.82, 2.24) is 0 Å². The number of hydrogen-bond acceptors (Lipinski definition) is 2. The van der Waals surface area contributed by atoms with Gasteiger partial charge >= 0.3 is 6.18 Å². The lowest BCUT2D eigenvalue weighted by Crippen LogP contribution is -2.30. The van der Waals surface area contributed by atoms with Crippen molar-refractivity contribution < 1.29 is 13.2 Å². The minimum atomic E-state index is -4.31. The van der Waals surface area contributed by atoms with Crippen molar-refractivity contribution in [3.05, 3.63) is 23.8 Å². The molecule has 1 aliphatic heterocycles. The Labute approximate surface area is 98.2 Å². The van der Waals surface area contributed by atoms with Gasteiger partial charge in [0.05, 0.1) is 16.9 Å². The Balaban J connectivity index is 2.31. The molecule has 0 atom stereocenters. The maximum absolute atomic E-state index is 12.6. The van der Waals surface area contributed by atoms with Gasteiger partial charge in [0.2, 0.25) is 0 Å². The molecule has 1 aliphatic rings. The van der Waals surface area contributed by atoms with Crippen LogP contribution in [0.3, 0.4) is 0 Å². The first kappa shape index (κ1) is 12.1. The number of hydrogen-bond donors (Lipinski definition) is 1. The number of piperidine rings is 1. The summed E-state index contributed by atoms with van der Waals surface area (Å²) in [6, 6.07) is 3.52. The third-order valence-electron chi connectivity index (χ3n) is 3.05.